The summed E-state index contributed by atoms with van der Waals surface area (Å²) in [6, 6.07) is 13.0. The number of hydrogen-bond acceptors (Lipinski definition) is 3. The minimum Gasteiger partial charge on any atom is -0.482 e. The highest BCUT2D eigenvalue weighted by Crippen LogP contribution is 2.36. The van der Waals surface area contributed by atoms with Crippen molar-refractivity contribution in [1.82, 2.24) is 0 Å². The van der Waals surface area contributed by atoms with Crippen molar-refractivity contribution in [2.45, 2.75) is 19.4 Å². The van der Waals surface area contributed by atoms with Gasteiger partial charge in [0.05, 0.1) is 5.69 Å². The van der Waals surface area contributed by atoms with E-state index < -0.39 is 0 Å². The number of ether oxygens (including phenoxy) is 1. The Bertz CT molecular complexity index is 867. The fourth-order valence-corrected chi connectivity index (χ4v) is 3.67. The molecule has 2 aromatic carbocycles. The summed E-state index contributed by atoms with van der Waals surface area (Å²) in [5.74, 6) is 0.202. The SMILES string of the molecule is CC1Cc2ccccc2N1C(=O)CN1C(=O)COc2ccc(Cl)cc21. The van der Waals surface area contributed by atoms with Crippen LogP contribution in [0.15, 0.2) is 42.5 Å². The molecular weight excluding hydrogens is 340 g/mol. The number of carbonyl (C=O) groups is 2. The van der Waals surface area contributed by atoms with Crippen molar-refractivity contribution in [1.29, 1.82) is 0 Å². The maximum Gasteiger partial charge on any atom is 0.265 e. The first-order valence-electron chi connectivity index (χ1n) is 8.17. The highest BCUT2D eigenvalue weighted by molar-refractivity contribution is 6.31. The minimum atomic E-state index is -0.247. The number of nitrogens with zero attached hydrogens (tertiary/aromatic N) is 2. The molecule has 4 rings (SSSR count). The van der Waals surface area contributed by atoms with Crippen molar-refractivity contribution in [3.63, 3.8) is 0 Å². The van der Waals surface area contributed by atoms with Crippen LogP contribution in [0.1, 0.15) is 12.5 Å². The van der Waals surface area contributed by atoms with Crippen LogP contribution in [0.25, 0.3) is 0 Å². The molecular formula is C19H17ClN2O3. The fourth-order valence-electron chi connectivity index (χ4n) is 3.51. The molecule has 0 saturated heterocycles. The van der Waals surface area contributed by atoms with Gasteiger partial charge in [-0.05, 0) is 43.2 Å². The van der Waals surface area contributed by atoms with E-state index in [1.54, 1.807) is 23.1 Å². The summed E-state index contributed by atoms with van der Waals surface area (Å²) in [6.45, 7) is 1.91. The molecule has 6 heteroatoms. The fraction of sp³-hybridized carbons (Fsp3) is 0.263. The quantitative estimate of drug-likeness (QED) is 0.831. The van der Waals surface area contributed by atoms with Crippen LogP contribution >= 0.6 is 11.6 Å². The standard InChI is InChI=1S/C19H17ClN2O3/c1-12-8-13-4-2-3-5-15(13)22(12)18(23)10-21-16-9-14(20)6-7-17(16)25-11-19(21)24/h2-7,9,12H,8,10-11H2,1H3. The summed E-state index contributed by atoms with van der Waals surface area (Å²) >= 11 is 6.05. The maximum absolute atomic E-state index is 13.0. The lowest BCUT2D eigenvalue weighted by Crippen LogP contribution is -2.48. The second-order valence-electron chi connectivity index (χ2n) is 6.33. The van der Waals surface area contributed by atoms with Crippen molar-refractivity contribution in [3.05, 3.63) is 53.1 Å². The number of amides is 2. The lowest BCUT2D eigenvalue weighted by Gasteiger charge is -2.31. The first-order chi connectivity index (χ1) is 12.0. The molecule has 128 valence electrons. The number of halogens is 1. The first-order valence-corrected chi connectivity index (χ1v) is 8.55. The van der Waals surface area contributed by atoms with E-state index in [2.05, 4.69) is 0 Å². The predicted molar refractivity (Wildman–Crippen MR) is 96.4 cm³/mol. The van der Waals surface area contributed by atoms with Gasteiger partial charge in [-0.1, -0.05) is 29.8 Å². The van der Waals surface area contributed by atoms with E-state index in [4.69, 9.17) is 16.3 Å². The second kappa shape index (κ2) is 6.08. The molecule has 1 atom stereocenters. The topological polar surface area (TPSA) is 49.9 Å². The van der Waals surface area contributed by atoms with Crippen LogP contribution in [-0.2, 0) is 16.0 Å². The molecule has 1 unspecified atom stereocenters. The molecule has 0 aliphatic carbocycles. The predicted octanol–water partition coefficient (Wildman–Crippen LogP) is 3.04. The summed E-state index contributed by atoms with van der Waals surface area (Å²) < 4.78 is 5.43. The van der Waals surface area contributed by atoms with Crippen LogP contribution in [0.3, 0.4) is 0 Å². The Morgan fingerprint density at radius 1 is 1.24 bits per heavy atom. The molecule has 0 radical (unpaired) electrons. The Kier molecular flexibility index (Phi) is 3.88. The van der Waals surface area contributed by atoms with Crippen molar-refractivity contribution < 1.29 is 14.3 Å². The van der Waals surface area contributed by atoms with Crippen molar-refractivity contribution >= 4 is 34.8 Å². The summed E-state index contributed by atoms with van der Waals surface area (Å²) in [5, 5.41) is 0.495. The Morgan fingerprint density at radius 3 is 2.88 bits per heavy atom. The van der Waals surface area contributed by atoms with Gasteiger partial charge in [0.2, 0.25) is 5.91 Å². The van der Waals surface area contributed by atoms with Gasteiger partial charge in [0.15, 0.2) is 6.61 Å². The first kappa shape index (κ1) is 16.0. The summed E-state index contributed by atoms with van der Waals surface area (Å²) in [5.41, 5.74) is 2.62. The van der Waals surface area contributed by atoms with E-state index in [-0.39, 0.29) is 31.0 Å². The van der Waals surface area contributed by atoms with Crippen LogP contribution in [0.4, 0.5) is 11.4 Å². The molecule has 2 heterocycles. The number of fused-ring (bicyclic) bond motifs is 2. The number of anilines is 2. The lowest BCUT2D eigenvalue weighted by molar-refractivity contribution is -0.124. The van der Waals surface area contributed by atoms with E-state index >= 15 is 0 Å². The molecule has 2 amide bonds. The number of benzene rings is 2. The van der Waals surface area contributed by atoms with Gasteiger partial charge in [0.1, 0.15) is 12.3 Å². The van der Waals surface area contributed by atoms with Crippen LogP contribution in [0.5, 0.6) is 5.75 Å². The van der Waals surface area contributed by atoms with Gasteiger partial charge in [-0.25, -0.2) is 0 Å². The average Bonchev–Trinajstić information content (AvgIpc) is 2.93. The molecule has 0 bridgehead atoms. The summed E-state index contributed by atoms with van der Waals surface area (Å²) in [7, 11) is 0. The van der Waals surface area contributed by atoms with Gasteiger partial charge in [-0.15, -0.1) is 0 Å². The molecule has 0 aromatic heterocycles. The Balaban J connectivity index is 1.64. The van der Waals surface area contributed by atoms with Crippen LogP contribution in [0.2, 0.25) is 5.02 Å². The molecule has 0 saturated carbocycles. The second-order valence-corrected chi connectivity index (χ2v) is 6.76. The zero-order chi connectivity index (χ0) is 17.6. The Hall–Kier alpha value is -2.53. The number of rotatable bonds is 2. The average molecular weight is 357 g/mol. The number of hydrogen-bond donors (Lipinski definition) is 0. The lowest BCUT2D eigenvalue weighted by atomic mass is 10.1. The zero-order valence-electron chi connectivity index (χ0n) is 13.7. The third-order valence-corrected chi connectivity index (χ3v) is 4.87. The monoisotopic (exact) mass is 356 g/mol. The van der Waals surface area contributed by atoms with Gasteiger partial charge < -0.3 is 9.64 Å². The van der Waals surface area contributed by atoms with E-state index in [0.717, 1.165) is 17.7 Å². The summed E-state index contributed by atoms with van der Waals surface area (Å²) in [4.78, 5) is 28.6. The number of para-hydroxylation sites is 1. The molecule has 2 aliphatic rings. The number of carbonyl (C=O) groups excluding carboxylic acids is 2. The van der Waals surface area contributed by atoms with E-state index in [0.29, 0.717) is 16.5 Å². The largest absolute Gasteiger partial charge is 0.482 e. The highest BCUT2D eigenvalue weighted by Gasteiger charge is 2.34. The molecule has 25 heavy (non-hydrogen) atoms. The minimum absolute atomic E-state index is 0.0335. The highest BCUT2D eigenvalue weighted by atomic mass is 35.5. The molecule has 0 fully saturated rings. The van der Waals surface area contributed by atoms with Crippen LogP contribution < -0.4 is 14.5 Å². The third-order valence-electron chi connectivity index (χ3n) is 4.63. The molecule has 2 aliphatic heterocycles. The molecule has 5 nitrogen and oxygen atoms in total. The smallest absolute Gasteiger partial charge is 0.265 e. The van der Waals surface area contributed by atoms with Gasteiger partial charge >= 0.3 is 0 Å². The van der Waals surface area contributed by atoms with Gasteiger partial charge in [0, 0.05) is 16.8 Å². The van der Waals surface area contributed by atoms with Crippen LogP contribution in [-0.4, -0.2) is 31.0 Å². The Morgan fingerprint density at radius 2 is 2.04 bits per heavy atom. The maximum atomic E-state index is 13.0. The molecule has 0 spiro atoms. The van der Waals surface area contributed by atoms with Gasteiger partial charge in [0.25, 0.3) is 5.91 Å². The zero-order valence-corrected chi connectivity index (χ0v) is 14.5. The summed E-state index contributed by atoms with van der Waals surface area (Å²) in [6.07, 6.45) is 0.821. The normalized spacial score (nSPS) is 18.6. The van der Waals surface area contributed by atoms with Crippen LogP contribution in [0, 0.1) is 0 Å². The van der Waals surface area contributed by atoms with E-state index in [1.165, 1.54) is 4.90 Å². The van der Waals surface area contributed by atoms with E-state index in [1.807, 2.05) is 31.2 Å². The van der Waals surface area contributed by atoms with Crippen molar-refractivity contribution in [2.75, 3.05) is 23.0 Å². The van der Waals surface area contributed by atoms with Gasteiger partial charge in [-0.3, -0.25) is 14.5 Å². The molecule has 0 N–H and O–H groups in total. The van der Waals surface area contributed by atoms with E-state index in [9.17, 15) is 9.59 Å². The van der Waals surface area contributed by atoms with Gasteiger partial charge in [-0.2, -0.15) is 0 Å². The third kappa shape index (κ3) is 2.74. The van der Waals surface area contributed by atoms with Crippen molar-refractivity contribution in [2.24, 2.45) is 0 Å². The molecule has 2 aromatic rings. The Labute approximate surface area is 150 Å². The van der Waals surface area contributed by atoms with Crippen molar-refractivity contribution in [3.8, 4) is 5.75 Å².